The molecule has 7 heteroatoms. The maximum absolute atomic E-state index is 12.0. The van der Waals surface area contributed by atoms with Gasteiger partial charge >= 0.3 is 5.97 Å². The lowest BCUT2D eigenvalue weighted by molar-refractivity contribution is -0.142. The molecule has 0 unspecified atom stereocenters. The zero-order valence-electron chi connectivity index (χ0n) is 17.2. The lowest BCUT2D eigenvalue weighted by Crippen LogP contribution is -2.20. The predicted octanol–water partition coefficient (Wildman–Crippen LogP) is 3.52. The van der Waals surface area contributed by atoms with Crippen molar-refractivity contribution in [2.75, 3.05) is 33.3 Å². The van der Waals surface area contributed by atoms with Crippen LogP contribution in [0, 0.1) is 13.8 Å². The zero-order chi connectivity index (χ0) is 21.4. The minimum absolute atomic E-state index is 0.389. The molecule has 1 amide bonds. The Morgan fingerprint density at radius 1 is 0.966 bits per heavy atom. The van der Waals surface area contributed by atoms with Crippen molar-refractivity contribution in [2.45, 2.75) is 13.8 Å². The summed E-state index contributed by atoms with van der Waals surface area (Å²) in [6.07, 6.45) is 2.74. The third-order valence-electron chi connectivity index (χ3n) is 4.36. The van der Waals surface area contributed by atoms with Gasteiger partial charge in [-0.1, -0.05) is 12.1 Å². The quantitative estimate of drug-likeness (QED) is 0.540. The van der Waals surface area contributed by atoms with Crippen molar-refractivity contribution in [3.8, 4) is 17.2 Å². The smallest absolute Gasteiger partial charge is 0.331 e. The number of hydrogen-bond donors (Lipinski definition) is 1. The molecule has 29 heavy (non-hydrogen) atoms. The van der Waals surface area contributed by atoms with Crippen molar-refractivity contribution in [2.24, 2.45) is 0 Å². The number of benzene rings is 2. The fraction of sp³-hybridized carbons (Fsp3) is 0.273. The van der Waals surface area contributed by atoms with E-state index < -0.39 is 11.9 Å². The molecule has 0 aliphatic rings. The molecule has 7 nitrogen and oxygen atoms in total. The highest BCUT2D eigenvalue weighted by Gasteiger charge is 2.11. The van der Waals surface area contributed by atoms with Gasteiger partial charge in [-0.05, 0) is 43.2 Å². The van der Waals surface area contributed by atoms with Crippen LogP contribution in [0.1, 0.15) is 16.7 Å². The number of methoxy groups -OCH3 is 3. The first kappa shape index (κ1) is 21.8. The Hall–Kier alpha value is -3.48. The van der Waals surface area contributed by atoms with E-state index in [-0.39, 0.29) is 6.61 Å². The first-order valence-electron chi connectivity index (χ1n) is 8.90. The van der Waals surface area contributed by atoms with Crippen LogP contribution in [0.25, 0.3) is 6.08 Å². The number of esters is 1. The summed E-state index contributed by atoms with van der Waals surface area (Å²) in [5.41, 5.74) is 3.32. The highest BCUT2D eigenvalue weighted by molar-refractivity contribution is 5.95. The Balaban J connectivity index is 1.99. The number of hydrogen-bond acceptors (Lipinski definition) is 6. The van der Waals surface area contributed by atoms with Crippen molar-refractivity contribution in [3.05, 3.63) is 53.1 Å². The molecule has 0 aromatic heterocycles. The predicted molar refractivity (Wildman–Crippen MR) is 111 cm³/mol. The summed E-state index contributed by atoms with van der Waals surface area (Å²) in [4.78, 5) is 24.0. The van der Waals surface area contributed by atoms with Crippen molar-refractivity contribution in [1.29, 1.82) is 0 Å². The normalized spacial score (nSPS) is 10.5. The second kappa shape index (κ2) is 10.2. The van der Waals surface area contributed by atoms with E-state index in [2.05, 4.69) is 5.32 Å². The van der Waals surface area contributed by atoms with Crippen LogP contribution < -0.4 is 19.5 Å². The molecular weight excluding hydrogens is 374 g/mol. The minimum atomic E-state index is -0.655. The first-order valence-corrected chi connectivity index (χ1v) is 8.90. The lowest BCUT2D eigenvalue weighted by Gasteiger charge is -2.12. The molecular formula is C22H25NO6. The number of amides is 1. The molecule has 0 atom stereocenters. The lowest BCUT2D eigenvalue weighted by atomic mass is 10.1. The van der Waals surface area contributed by atoms with E-state index >= 15 is 0 Å². The van der Waals surface area contributed by atoms with Crippen LogP contribution in [0.3, 0.4) is 0 Å². The molecule has 0 saturated heterocycles. The van der Waals surface area contributed by atoms with Gasteiger partial charge in [-0.3, -0.25) is 4.79 Å². The van der Waals surface area contributed by atoms with Gasteiger partial charge in [0.25, 0.3) is 5.91 Å². The van der Waals surface area contributed by atoms with E-state index in [1.165, 1.54) is 33.5 Å². The summed E-state index contributed by atoms with van der Waals surface area (Å²) in [5, 5.41) is 2.74. The van der Waals surface area contributed by atoms with Gasteiger partial charge < -0.3 is 24.3 Å². The molecule has 2 aromatic rings. The van der Waals surface area contributed by atoms with Crippen LogP contribution in [-0.4, -0.2) is 39.8 Å². The number of rotatable bonds is 8. The van der Waals surface area contributed by atoms with Crippen LogP contribution >= 0.6 is 0 Å². The maximum atomic E-state index is 12.0. The third kappa shape index (κ3) is 5.75. The summed E-state index contributed by atoms with van der Waals surface area (Å²) in [6, 6.07) is 8.93. The van der Waals surface area contributed by atoms with Crippen LogP contribution in [0.2, 0.25) is 0 Å². The monoisotopic (exact) mass is 399 g/mol. The second-order valence-corrected chi connectivity index (χ2v) is 6.19. The van der Waals surface area contributed by atoms with Gasteiger partial charge in [-0.15, -0.1) is 0 Å². The fourth-order valence-corrected chi connectivity index (χ4v) is 2.60. The molecule has 2 aromatic carbocycles. The van der Waals surface area contributed by atoms with Crippen LogP contribution in [0.5, 0.6) is 17.2 Å². The van der Waals surface area contributed by atoms with Crippen molar-refractivity contribution >= 4 is 23.6 Å². The molecule has 0 spiro atoms. The first-order chi connectivity index (χ1) is 13.9. The minimum Gasteiger partial charge on any atom is -0.496 e. The van der Waals surface area contributed by atoms with Gasteiger partial charge in [-0.2, -0.15) is 0 Å². The van der Waals surface area contributed by atoms with E-state index in [0.717, 1.165) is 11.1 Å². The number of aryl methyl sites for hydroxylation is 1. The summed E-state index contributed by atoms with van der Waals surface area (Å²) in [6.45, 7) is 3.48. The largest absolute Gasteiger partial charge is 0.496 e. The van der Waals surface area contributed by atoms with Gasteiger partial charge in [0.15, 0.2) is 18.1 Å². The van der Waals surface area contributed by atoms with Crippen molar-refractivity contribution in [3.63, 3.8) is 0 Å². The molecule has 1 N–H and O–H groups in total. The van der Waals surface area contributed by atoms with Gasteiger partial charge in [0, 0.05) is 23.4 Å². The molecule has 0 heterocycles. The number of nitrogens with one attached hydrogen (secondary N) is 1. The highest BCUT2D eigenvalue weighted by atomic mass is 16.5. The Morgan fingerprint density at radius 2 is 1.62 bits per heavy atom. The van der Waals surface area contributed by atoms with Crippen molar-refractivity contribution in [1.82, 2.24) is 0 Å². The van der Waals surface area contributed by atoms with Crippen LogP contribution in [-0.2, 0) is 14.3 Å². The Morgan fingerprint density at radius 3 is 2.28 bits per heavy atom. The standard InChI is InChI=1S/C22H25NO6/c1-14-7-6-8-17(15(14)2)23-21(24)13-29-22(25)10-9-16-11-19(27-4)20(28-5)12-18(16)26-3/h6-12H,13H2,1-5H3,(H,23,24)/b10-9+. The molecule has 0 aliphatic carbocycles. The van der Waals surface area contributed by atoms with Crippen LogP contribution in [0.4, 0.5) is 5.69 Å². The number of ether oxygens (including phenoxy) is 4. The number of anilines is 1. The highest BCUT2D eigenvalue weighted by Crippen LogP contribution is 2.35. The van der Waals surface area contributed by atoms with E-state index in [0.29, 0.717) is 28.5 Å². The zero-order valence-corrected chi connectivity index (χ0v) is 17.2. The van der Waals surface area contributed by atoms with Gasteiger partial charge in [0.1, 0.15) is 5.75 Å². The molecule has 0 saturated carbocycles. The van der Waals surface area contributed by atoms with E-state index in [1.807, 2.05) is 26.0 Å². The van der Waals surface area contributed by atoms with Gasteiger partial charge in [-0.25, -0.2) is 4.79 Å². The Bertz CT molecular complexity index is 920. The van der Waals surface area contributed by atoms with Crippen LogP contribution in [0.15, 0.2) is 36.4 Å². The van der Waals surface area contributed by atoms with E-state index in [1.54, 1.807) is 18.2 Å². The maximum Gasteiger partial charge on any atom is 0.331 e. The fourth-order valence-electron chi connectivity index (χ4n) is 2.60. The molecule has 2 rings (SSSR count). The third-order valence-corrected chi connectivity index (χ3v) is 4.36. The number of carbonyl (C=O) groups is 2. The summed E-state index contributed by atoms with van der Waals surface area (Å²) in [7, 11) is 4.54. The molecule has 154 valence electrons. The number of carbonyl (C=O) groups excluding carboxylic acids is 2. The van der Waals surface area contributed by atoms with Gasteiger partial charge in [0.2, 0.25) is 0 Å². The second-order valence-electron chi connectivity index (χ2n) is 6.19. The molecule has 0 aliphatic heterocycles. The average Bonchev–Trinajstić information content (AvgIpc) is 2.73. The average molecular weight is 399 g/mol. The molecule has 0 fully saturated rings. The molecule has 0 bridgehead atoms. The Kier molecular flexibility index (Phi) is 7.65. The van der Waals surface area contributed by atoms with Gasteiger partial charge in [0.05, 0.1) is 21.3 Å². The Labute approximate surface area is 170 Å². The van der Waals surface area contributed by atoms with Crippen molar-refractivity contribution < 1.29 is 28.5 Å². The summed E-state index contributed by atoms with van der Waals surface area (Å²) < 4.78 is 20.8. The summed E-state index contributed by atoms with van der Waals surface area (Å²) >= 11 is 0. The topological polar surface area (TPSA) is 83.1 Å². The van der Waals surface area contributed by atoms with E-state index in [9.17, 15) is 9.59 Å². The van der Waals surface area contributed by atoms with E-state index in [4.69, 9.17) is 18.9 Å². The molecule has 0 radical (unpaired) electrons. The SMILES string of the molecule is COc1cc(OC)c(OC)cc1/C=C/C(=O)OCC(=O)Nc1cccc(C)c1C. The summed E-state index contributed by atoms with van der Waals surface area (Å²) in [5.74, 6) is 0.433.